The summed E-state index contributed by atoms with van der Waals surface area (Å²) in [5.41, 5.74) is 2.15. The Hall–Kier alpha value is -2.82. The van der Waals surface area contributed by atoms with Crippen molar-refractivity contribution in [1.82, 2.24) is 5.32 Å². The van der Waals surface area contributed by atoms with Gasteiger partial charge in [-0.15, -0.1) is 0 Å². The first-order valence-electron chi connectivity index (χ1n) is 7.85. The average molecular weight is 327 g/mol. The van der Waals surface area contributed by atoms with Crippen LogP contribution in [0.25, 0.3) is 0 Å². The van der Waals surface area contributed by atoms with Gasteiger partial charge in [-0.1, -0.05) is 30.3 Å². The maximum atomic E-state index is 11.4. The van der Waals surface area contributed by atoms with Gasteiger partial charge in [-0.25, -0.2) is 0 Å². The monoisotopic (exact) mass is 327 g/mol. The highest BCUT2D eigenvalue weighted by Gasteiger charge is 2.05. The van der Waals surface area contributed by atoms with Crippen molar-refractivity contribution >= 4 is 11.9 Å². The topological polar surface area (TPSA) is 75.6 Å². The van der Waals surface area contributed by atoms with Crippen molar-refractivity contribution in [2.45, 2.75) is 26.2 Å². The Kier molecular flexibility index (Phi) is 6.37. The summed E-state index contributed by atoms with van der Waals surface area (Å²) in [6.45, 7) is 2.48. The zero-order valence-corrected chi connectivity index (χ0v) is 13.6. The Balaban J connectivity index is 1.79. The van der Waals surface area contributed by atoms with Gasteiger partial charge in [-0.2, -0.15) is 0 Å². The number of ether oxygens (including phenoxy) is 1. The van der Waals surface area contributed by atoms with E-state index in [1.165, 1.54) is 0 Å². The van der Waals surface area contributed by atoms with E-state index >= 15 is 0 Å². The quantitative estimate of drug-likeness (QED) is 0.780. The van der Waals surface area contributed by atoms with Gasteiger partial charge in [0.05, 0.1) is 6.42 Å². The number of aryl methyl sites for hydroxylation is 1. The molecule has 0 saturated heterocycles. The van der Waals surface area contributed by atoms with Crippen molar-refractivity contribution in [3.8, 4) is 11.5 Å². The van der Waals surface area contributed by atoms with Crippen molar-refractivity contribution in [2.24, 2.45) is 0 Å². The number of hydrogen-bond acceptors (Lipinski definition) is 3. The number of rotatable bonds is 8. The average Bonchev–Trinajstić information content (AvgIpc) is 2.56. The molecule has 0 radical (unpaired) electrons. The molecule has 0 unspecified atom stereocenters. The molecule has 2 aromatic carbocycles. The highest BCUT2D eigenvalue weighted by atomic mass is 16.5. The lowest BCUT2D eigenvalue weighted by molar-refractivity contribution is -0.138. The third-order valence-electron chi connectivity index (χ3n) is 3.55. The largest absolute Gasteiger partial charge is 0.481 e. The molecule has 2 N–H and O–H groups in total. The van der Waals surface area contributed by atoms with E-state index in [0.717, 1.165) is 22.6 Å². The summed E-state index contributed by atoms with van der Waals surface area (Å²) in [5.74, 6) is 0.390. The first-order chi connectivity index (χ1) is 11.5. The Morgan fingerprint density at radius 3 is 2.42 bits per heavy atom. The molecule has 2 rings (SSSR count). The fourth-order valence-corrected chi connectivity index (χ4v) is 2.18. The maximum absolute atomic E-state index is 11.4. The van der Waals surface area contributed by atoms with Gasteiger partial charge in [0.1, 0.15) is 11.5 Å². The van der Waals surface area contributed by atoms with Gasteiger partial charge in [-0.3, -0.25) is 9.59 Å². The predicted molar refractivity (Wildman–Crippen MR) is 91.3 cm³/mol. The second-order valence-corrected chi connectivity index (χ2v) is 5.51. The van der Waals surface area contributed by atoms with E-state index in [0.29, 0.717) is 13.0 Å². The normalized spacial score (nSPS) is 10.2. The molecule has 0 aromatic heterocycles. The van der Waals surface area contributed by atoms with Gasteiger partial charge in [-0.05, 0) is 42.7 Å². The van der Waals surface area contributed by atoms with Crippen LogP contribution >= 0.6 is 0 Å². The number of aliphatic carboxylic acids is 1. The minimum Gasteiger partial charge on any atom is -0.481 e. The summed E-state index contributed by atoms with van der Waals surface area (Å²) in [4.78, 5) is 21.8. The molecule has 126 valence electrons. The number of hydrogen-bond donors (Lipinski definition) is 2. The molecule has 2 aromatic rings. The summed E-state index contributed by atoms with van der Waals surface area (Å²) < 4.78 is 5.84. The van der Waals surface area contributed by atoms with E-state index in [2.05, 4.69) is 5.32 Å². The van der Waals surface area contributed by atoms with Crippen LogP contribution in [0.2, 0.25) is 0 Å². The lowest BCUT2D eigenvalue weighted by atomic mass is 10.1. The second kappa shape index (κ2) is 8.72. The Morgan fingerprint density at radius 2 is 1.75 bits per heavy atom. The fourth-order valence-electron chi connectivity index (χ4n) is 2.18. The maximum Gasteiger partial charge on any atom is 0.303 e. The summed E-state index contributed by atoms with van der Waals surface area (Å²) in [7, 11) is 0. The zero-order valence-electron chi connectivity index (χ0n) is 13.6. The second-order valence-electron chi connectivity index (χ2n) is 5.51. The van der Waals surface area contributed by atoms with Crippen molar-refractivity contribution in [3.05, 3.63) is 59.7 Å². The number of para-hydroxylation sites is 1. The number of carboxylic acids is 1. The molecule has 0 bridgehead atoms. The standard InChI is InChI=1S/C19H21NO4/c1-14-4-2-3-5-17(14)24-16-8-6-15(7-9-16)12-13-20-18(21)10-11-19(22)23/h2-9H,10-13H2,1H3,(H,20,21)(H,22,23). The molecule has 0 aliphatic carbocycles. The number of carbonyl (C=O) groups is 2. The van der Waals surface area contributed by atoms with Crippen molar-refractivity contribution < 1.29 is 19.4 Å². The van der Waals surface area contributed by atoms with Gasteiger partial charge in [0, 0.05) is 13.0 Å². The minimum absolute atomic E-state index is 0.0124. The number of nitrogens with one attached hydrogen (secondary N) is 1. The number of carbonyl (C=O) groups excluding carboxylic acids is 1. The molecule has 5 heteroatoms. The van der Waals surface area contributed by atoms with Gasteiger partial charge in [0.2, 0.25) is 5.91 Å². The van der Waals surface area contributed by atoms with Crippen LogP contribution < -0.4 is 10.1 Å². The molecule has 0 aliphatic heterocycles. The molecule has 24 heavy (non-hydrogen) atoms. The summed E-state index contributed by atoms with van der Waals surface area (Å²) in [6.07, 6.45) is 0.554. The van der Waals surface area contributed by atoms with Gasteiger partial charge in [0.15, 0.2) is 0 Å². The van der Waals surface area contributed by atoms with Crippen LogP contribution in [0.3, 0.4) is 0 Å². The van der Waals surface area contributed by atoms with Crippen LogP contribution in [0.15, 0.2) is 48.5 Å². The molecule has 0 aliphatic rings. The highest BCUT2D eigenvalue weighted by Crippen LogP contribution is 2.24. The molecular weight excluding hydrogens is 306 g/mol. The SMILES string of the molecule is Cc1ccccc1Oc1ccc(CCNC(=O)CCC(=O)O)cc1. The first kappa shape index (κ1) is 17.5. The van der Waals surface area contributed by atoms with E-state index in [-0.39, 0.29) is 18.7 Å². The number of carboxylic acid groups (broad SMARTS) is 1. The Morgan fingerprint density at radius 1 is 1.04 bits per heavy atom. The van der Waals surface area contributed by atoms with Crippen molar-refractivity contribution in [2.75, 3.05) is 6.54 Å². The summed E-state index contributed by atoms with van der Waals surface area (Å²) in [6, 6.07) is 15.5. The first-order valence-corrected chi connectivity index (χ1v) is 7.85. The zero-order chi connectivity index (χ0) is 17.4. The van der Waals surface area contributed by atoms with Crippen LogP contribution in [0.1, 0.15) is 24.0 Å². The van der Waals surface area contributed by atoms with E-state index < -0.39 is 5.97 Å². The molecule has 0 spiro atoms. The van der Waals surface area contributed by atoms with Crippen LogP contribution in [0.4, 0.5) is 0 Å². The molecule has 5 nitrogen and oxygen atoms in total. The Bertz CT molecular complexity index is 695. The summed E-state index contributed by atoms with van der Waals surface area (Å²) in [5, 5.41) is 11.2. The number of benzene rings is 2. The van der Waals surface area contributed by atoms with Crippen LogP contribution in [0.5, 0.6) is 11.5 Å². The smallest absolute Gasteiger partial charge is 0.303 e. The van der Waals surface area contributed by atoms with Crippen LogP contribution in [0, 0.1) is 6.92 Å². The van der Waals surface area contributed by atoms with E-state index in [4.69, 9.17) is 9.84 Å². The molecule has 0 atom stereocenters. The van der Waals surface area contributed by atoms with Gasteiger partial charge >= 0.3 is 5.97 Å². The van der Waals surface area contributed by atoms with E-state index in [9.17, 15) is 9.59 Å². The van der Waals surface area contributed by atoms with Crippen LogP contribution in [-0.2, 0) is 16.0 Å². The fraction of sp³-hybridized carbons (Fsp3) is 0.263. The Labute approximate surface area is 141 Å². The van der Waals surface area contributed by atoms with E-state index in [1.807, 2.05) is 55.5 Å². The molecule has 1 amide bonds. The van der Waals surface area contributed by atoms with E-state index in [1.54, 1.807) is 0 Å². The lowest BCUT2D eigenvalue weighted by Crippen LogP contribution is -2.25. The molecule has 0 heterocycles. The molecule has 0 fully saturated rings. The number of amides is 1. The van der Waals surface area contributed by atoms with Gasteiger partial charge in [0.25, 0.3) is 0 Å². The van der Waals surface area contributed by atoms with Gasteiger partial charge < -0.3 is 15.2 Å². The molecule has 0 saturated carbocycles. The minimum atomic E-state index is -0.964. The highest BCUT2D eigenvalue weighted by molar-refractivity contribution is 5.80. The third-order valence-corrected chi connectivity index (χ3v) is 3.55. The predicted octanol–water partition coefficient (Wildman–Crippen LogP) is 3.31. The van der Waals surface area contributed by atoms with Crippen LogP contribution in [-0.4, -0.2) is 23.5 Å². The summed E-state index contributed by atoms with van der Waals surface area (Å²) >= 11 is 0. The van der Waals surface area contributed by atoms with Crippen molar-refractivity contribution in [3.63, 3.8) is 0 Å². The molecular formula is C19H21NO4. The third kappa shape index (κ3) is 5.76. The van der Waals surface area contributed by atoms with Crippen molar-refractivity contribution in [1.29, 1.82) is 0 Å². The lowest BCUT2D eigenvalue weighted by Gasteiger charge is -2.09.